The number of anilines is 1. The Labute approximate surface area is 124 Å². The van der Waals surface area contributed by atoms with E-state index in [4.69, 9.17) is 0 Å². The molecule has 2 aliphatic rings. The van der Waals surface area contributed by atoms with Crippen molar-refractivity contribution in [3.05, 3.63) is 29.8 Å². The summed E-state index contributed by atoms with van der Waals surface area (Å²) >= 11 is 0. The highest BCUT2D eigenvalue weighted by Crippen LogP contribution is 2.33. The van der Waals surface area contributed by atoms with Gasteiger partial charge in [0.05, 0.1) is 5.69 Å². The van der Waals surface area contributed by atoms with Gasteiger partial charge in [-0.1, -0.05) is 25.1 Å². The highest BCUT2D eigenvalue weighted by atomic mass is 16.4. The minimum atomic E-state index is -1.05. The molecule has 1 aromatic rings. The predicted octanol–water partition coefficient (Wildman–Crippen LogP) is 2.35. The molecular weight excluding hydrogens is 268 g/mol. The summed E-state index contributed by atoms with van der Waals surface area (Å²) in [6.07, 6.45) is 1.56. The number of hydrogen-bond donors (Lipinski definition) is 1. The molecule has 1 saturated heterocycles. The van der Waals surface area contributed by atoms with Gasteiger partial charge in [-0.05, 0) is 30.4 Å². The minimum absolute atomic E-state index is 0.0554. The van der Waals surface area contributed by atoms with Gasteiger partial charge < -0.3 is 10.0 Å². The van der Waals surface area contributed by atoms with Gasteiger partial charge in [0.15, 0.2) is 0 Å². The lowest BCUT2D eigenvalue weighted by molar-refractivity contribution is -0.134. The SMILES string of the molecule is CC1CCCN(C(=O)C2Cc3ccccc3N2C(=O)O)C1. The Hall–Kier alpha value is -2.04. The fourth-order valence-electron chi connectivity index (χ4n) is 3.42. The zero-order valence-electron chi connectivity index (χ0n) is 12.2. The van der Waals surface area contributed by atoms with Crippen molar-refractivity contribution >= 4 is 17.7 Å². The van der Waals surface area contributed by atoms with Crippen molar-refractivity contribution in [3.8, 4) is 0 Å². The third-order valence-corrected chi connectivity index (χ3v) is 4.44. The molecule has 5 nitrogen and oxygen atoms in total. The third-order valence-electron chi connectivity index (χ3n) is 4.44. The number of carboxylic acid groups (broad SMARTS) is 1. The maximum absolute atomic E-state index is 12.8. The van der Waals surface area contributed by atoms with Crippen LogP contribution in [0.1, 0.15) is 25.3 Å². The lowest BCUT2D eigenvalue weighted by Gasteiger charge is -2.34. The summed E-state index contributed by atoms with van der Waals surface area (Å²) in [5.74, 6) is 0.435. The van der Waals surface area contributed by atoms with Gasteiger partial charge in [-0.15, -0.1) is 0 Å². The largest absolute Gasteiger partial charge is 0.465 e. The van der Waals surface area contributed by atoms with Crippen LogP contribution in [-0.4, -0.2) is 41.1 Å². The number of benzene rings is 1. The molecule has 0 aliphatic carbocycles. The number of hydrogen-bond acceptors (Lipinski definition) is 2. The summed E-state index contributed by atoms with van der Waals surface area (Å²) in [5.41, 5.74) is 1.58. The highest BCUT2D eigenvalue weighted by molar-refractivity contribution is 5.99. The van der Waals surface area contributed by atoms with Crippen molar-refractivity contribution in [2.24, 2.45) is 5.92 Å². The van der Waals surface area contributed by atoms with E-state index >= 15 is 0 Å². The number of carbonyl (C=O) groups is 2. The van der Waals surface area contributed by atoms with Gasteiger partial charge in [0, 0.05) is 19.5 Å². The van der Waals surface area contributed by atoms with E-state index in [0.717, 1.165) is 31.5 Å². The molecule has 0 radical (unpaired) electrons. The lowest BCUT2D eigenvalue weighted by atomic mass is 9.99. The second-order valence-electron chi connectivity index (χ2n) is 6.03. The average Bonchev–Trinajstić information content (AvgIpc) is 2.85. The van der Waals surface area contributed by atoms with Gasteiger partial charge in [0.2, 0.25) is 5.91 Å². The van der Waals surface area contributed by atoms with Crippen LogP contribution in [0.3, 0.4) is 0 Å². The summed E-state index contributed by atoms with van der Waals surface area (Å²) in [5, 5.41) is 9.48. The molecule has 1 fully saturated rings. The van der Waals surface area contributed by atoms with Crippen LogP contribution in [0, 0.1) is 5.92 Å². The lowest BCUT2D eigenvalue weighted by Crippen LogP contribution is -2.51. The van der Waals surface area contributed by atoms with E-state index in [9.17, 15) is 14.7 Å². The third kappa shape index (κ3) is 2.48. The smallest absolute Gasteiger partial charge is 0.412 e. The Balaban J connectivity index is 1.85. The Morgan fingerprint density at radius 3 is 2.76 bits per heavy atom. The molecule has 2 unspecified atom stereocenters. The Bertz CT molecular complexity index is 572. The second kappa shape index (κ2) is 5.39. The molecule has 1 aromatic carbocycles. The maximum atomic E-state index is 12.8. The number of amides is 2. The average molecular weight is 288 g/mol. The van der Waals surface area contributed by atoms with Crippen LogP contribution < -0.4 is 4.90 Å². The topological polar surface area (TPSA) is 60.9 Å². The van der Waals surface area contributed by atoms with Crippen molar-refractivity contribution in [2.75, 3.05) is 18.0 Å². The van der Waals surface area contributed by atoms with E-state index in [-0.39, 0.29) is 5.91 Å². The van der Waals surface area contributed by atoms with Gasteiger partial charge >= 0.3 is 6.09 Å². The number of fused-ring (bicyclic) bond motifs is 1. The molecule has 1 N–H and O–H groups in total. The van der Waals surface area contributed by atoms with E-state index in [1.54, 1.807) is 6.07 Å². The monoisotopic (exact) mass is 288 g/mol. The molecule has 0 aromatic heterocycles. The first-order valence-corrected chi connectivity index (χ1v) is 7.47. The van der Waals surface area contributed by atoms with E-state index in [1.165, 1.54) is 4.90 Å². The fourth-order valence-corrected chi connectivity index (χ4v) is 3.42. The molecule has 0 spiro atoms. The second-order valence-corrected chi connectivity index (χ2v) is 6.03. The Kier molecular flexibility index (Phi) is 3.57. The van der Waals surface area contributed by atoms with E-state index in [2.05, 4.69) is 6.92 Å². The van der Waals surface area contributed by atoms with Gasteiger partial charge in [-0.25, -0.2) is 4.79 Å². The first kappa shape index (κ1) is 13.9. The van der Waals surface area contributed by atoms with Crippen molar-refractivity contribution in [1.82, 2.24) is 4.90 Å². The summed E-state index contributed by atoms with van der Waals surface area (Å²) < 4.78 is 0. The summed E-state index contributed by atoms with van der Waals surface area (Å²) in [6.45, 7) is 3.61. The van der Waals surface area contributed by atoms with Gasteiger partial charge in [0.1, 0.15) is 6.04 Å². The predicted molar refractivity (Wildman–Crippen MR) is 79.4 cm³/mol. The highest BCUT2D eigenvalue weighted by Gasteiger charge is 2.40. The van der Waals surface area contributed by atoms with Crippen LogP contribution in [0.15, 0.2) is 24.3 Å². The van der Waals surface area contributed by atoms with Crippen LogP contribution in [0.25, 0.3) is 0 Å². The van der Waals surface area contributed by atoms with Crippen molar-refractivity contribution in [1.29, 1.82) is 0 Å². The zero-order valence-corrected chi connectivity index (χ0v) is 12.2. The van der Waals surface area contributed by atoms with E-state index in [1.807, 2.05) is 23.1 Å². The summed E-state index contributed by atoms with van der Waals surface area (Å²) in [6, 6.07) is 6.76. The molecule has 2 aliphatic heterocycles. The molecular formula is C16H20N2O3. The summed E-state index contributed by atoms with van der Waals surface area (Å²) in [4.78, 5) is 27.4. The maximum Gasteiger partial charge on any atom is 0.412 e. The van der Waals surface area contributed by atoms with Crippen molar-refractivity contribution in [3.63, 3.8) is 0 Å². The quantitative estimate of drug-likeness (QED) is 0.863. The molecule has 2 heterocycles. The molecule has 2 atom stereocenters. The fraction of sp³-hybridized carbons (Fsp3) is 0.500. The van der Waals surface area contributed by atoms with E-state index in [0.29, 0.717) is 18.0 Å². The first-order chi connectivity index (χ1) is 10.1. The standard InChI is InChI=1S/C16H20N2O3/c1-11-5-4-8-17(10-11)15(19)14-9-12-6-2-3-7-13(12)18(14)16(20)21/h2-3,6-7,11,14H,4-5,8-10H2,1H3,(H,20,21). The molecule has 2 amide bonds. The molecule has 0 bridgehead atoms. The van der Waals surface area contributed by atoms with Gasteiger partial charge in [0.25, 0.3) is 0 Å². The molecule has 0 saturated carbocycles. The number of nitrogens with zero attached hydrogens (tertiary/aromatic N) is 2. The number of carbonyl (C=O) groups excluding carboxylic acids is 1. The van der Waals surface area contributed by atoms with Crippen LogP contribution in [0.5, 0.6) is 0 Å². The minimum Gasteiger partial charge on any atom is -0.465 e. The molecule has 5 heteroatoms. The number of likely N-dealkylation sites (tertiary alicyclic amines) is 1. The first-order valence-electron chi connectivity index (χ1n) is 7.47. The molecule has 21 heavy (non-hydrogen) atoms. The number of para-hydroxylation sites is 1. The van der Waals surface area contributed by atoms with Crippen LogP contribution >= 0.6 is 0 Å². The van der Waals surface area contributed by atoms with Crippen molar-refractivity contribution < 1.29 is 14.7 Å². The number of piperidine rings is 1. The summed E-state index contributed by atoms with van der Waals surface area (Å²) in [7, 11) is 0. The Morgan fingerprint density at radius 1 is 1.29 bits per heavy atom. The van der Waals surface area contributed by atoms with Gasteiger partial charge in [-0.3, -0.25) is 9.69 Å². The van der Waals surface area contributed by atoms with Crippen molar-refractivity contribution in [2.45, 2.75) is 32.2 Å². The zero-order chi connectivity index (χ0) is 15.0. The molecule has 112 valence electrons. The Morgan fingerprint density at radius 2 is 2.05 bits per heavy atom. The number of rotatable bonds is 1. The van der Waals surface area contributed by atoms with Crippen LogP contribution in [0.4, 0.5) is 10.5 Å². The van der Waals surface area contributed by atoms with Gasteiger partial charge in [-0.2, -0.15) is 0 Å². The van der Waals surface area contributed by atoms with Crippen LogP contribution in [0.2, 0.25) is 0 Å². The van der Waals surface area contributed by atoms with Crippen LogP contribution in [-0.2, 0) is 11.2 Å². The molecule has 3 rings (SSSR count). The van der Waals surface area contributed by atoms with E-state index < -0.39 is 12.1 Å². The normalized spacial score (nSPS) is 24.8.